The molecular weight excluding hydrogens is 532 g/mol. The van der Waals surface area contributed by atoms with Crippen LogP contribution in [-0.2, 0) is 9.53 Å². The molecule has 1 aliphatic rings. The molecule has 1 saturated heterocycles. The zero-order valence-corrected chi connectivity index (χ0v) is 24.4. The molecule has 2 amide bonds. The molecule has 222 valence electrons. The summed E-state index contributed by atoms with van der Waals surface area (Å²) in [6.07, 6.45) is 2.09. The summed E-state index contributed by atoms with van der Waals surface area (Å²) in [4.78, 5) is 42.4. The third kappa shape index (κ3) is 8.81. The lowest BCUT2D eigenvalue weighted by atomic mass is 10.0. The summed E-state index contributed by atoms with van der Waals surface area (Å²) in [5.41, 5.74) is 3.87. The number of anilines is 2. The van der Waals surface area contributed by atoms with Crippen molar-refractivity contribution in [3.8, 4) is 11.1 Å². The first-order valence-corrected chi connectivity index (χ1v) is 14.4. The Kier molecular flexibility index (Phi) is 10.9. The average Bonchev–Trinajstić information content (AvgIpc) is 3.01. The first-order valence-electron chi connectivity index (χ1n) is 14.4. The van der Waals surface area contributed by atoms with Crippen LogP contribution in [0.3, 0.4) is 0 Å². The van der Waals surface area contributed by atoms with Gasteiger partial charge >= 0.3 is 12.1 Å². The van der Waals surface area contributed by atoms with Crippen LogP contribution < -0.4 is 10.2 Å². The molecule has 3 aromatic carbocycles. The average molecular weight is 573 g/mol. The number of hydrogen-bond donors (Lipinski definition) is 2. The Hall–Kier alpha value is -4.37. The standard InChI is InChI=1S/C33H40N4O5/c1-35(27-16-14-26(15-17-27)32(39)40)20-8-13-31(38)36(2)23-24-37-21-18-28(19-22-37)42-33(41)34-30-12-7-6-11-29(30)25-9-4-3-5-10-25/h3-7,9-12,14-17,28H,8,13,18-24H2,1-2H3,(H,34,41)(H,39,40). The van der Waals surface area contributed by atoms with Crippen LogP contribution in [-0.4, -0.2) is 85.8 Å². The SMILES string of the molecule is CN(CCN1CCC(OC(=O)Nc2ccccc2-c2ccccc2)CC1)C(=O)CCCN(C)c1ccc(C(=O)O)cc1. The van der Waals surface area contributed by atoms with Crippen molar-refractivity contribution in [2.75, 3.05) is 57.0 Å². The van der Waals surface area contributed by atoms with E-state index in [9.17, 15) is 14.4 Å². The second-order valence-corrected chi connectivity index (χ2v) is 10.7. The van der Waals surface area contributed by atoms with Gasteiger partial charge in [0, 0.05) is 64.5 Å². The molecule has 0 saturated carbocycles. The van der Waals surface area contributed by atoms with E-state index in [1.54, 1.807) is 29.2 Å². The van der Waals surface area contributed by atoms with Gasteiger partial charge in [0.25, 0.3) is 0 Å². The van der Waals surface area contributed by atoms with E-state index in [1.165, 1.54) is 0 Å². The maximum absolute atomic E-state index is 12.7. The van der Waals surface area contributed by atoms with E-state index >= 15 is 0 Å². The molecule has 1 heterocycles. The van der Waals surface area contributed by atoms with Crippen LogP contribution in [0.25, 0.3) is 11.1 Å². The molecule has 3 aromatic rings. The van der Waals surface area contributed by atoms with Crippen LogP contribution in [0, 0.1) is 0 Å². The second-order valence-electron chi connectivity index (χ2n) is 10.7. The van der Waals surface area contributed by atoms with Gasteiger partial charge in [0.2, 0.25) is 5.91 Å². The number of amides is 2. The molecule has 0 unspecified atom stereocenters. The van der Waals surface area contributed by atoms with Crippen LogP contribution in [0.4, 0.5) is 16.2 Å². The number of hydrogen-bond acceptors (Lipinski definition) is 6. The van der Waals surface area contributed by atoms with Crippen LogP contribution in [0.15, 0.2) is 78.9 Å². The Bertz CT molecular complexity index is 1320. The number of carboxylic acid groups (broad SMARTS) is 1. The number of carboxylic acids is 1. The molecule has 4 rings (SSSR count). The fraction of sp³-hybridized carbons (Fsp3) is 0.364. The van der Waals surface area contributed by atoms with Crippen LogP contribution >= 0.6 is 0 Å². The zero-order valence-electron chi connectivity index (χ0n) is 24.4. The minimum atomic E-state index is -0.945. The van der Waals surface area contributed by atoms with Crippen LogP contribution in [0.1, 0.15) is 36.0 Å². The minimum Gasteiger partial charge on any atom is -0.478 e. The molecule has 0 spiro atoms. The Morgan fingerprint density at radius 3 is 2.26 bits per heavy atom. The lowest BCUT2D eigenvalue weighted by Crippen LogP contribution is -2.42. The van der Waals surface area contributed by atoms with Gasteiger partial charge in [0.15, 0.2) is 0 Å². The molecule has 1 aliphatic heterocycles. The number of ether oxygens (including phenoxy) is 1. The van der Waals surface area contributed by atoms with E-state index in [1.807, 2.05) is 73.6 Å². The van der Waals surface area contributed by atoms with E-state index in [0.29, 0.717) is 25.9 Å². The number of nitrogens with zero attached hydrogens (tertiary/aromatic N) is 3. The van der Waals surface area contributed by atoms with E-state index < -0.39 is 12.1 Å². The van der Waals surface area contributed by atoms with Gasteiger partial charge in [-0.2, -0.15) is 0 Å². The van der Waals surface area contributed by atoms with Gasteiger partial charge < -0.3 is 24.5 Å². The highest BCUT2D eigenvalue weighted by Gasteiger charge is 2.23. The topological polar surface area (TPSA) is 102 Å². The number of benzene rings is 3. The number of para-hydroxylation sites is 1. The molecule has 0 aliphatic carbocycles. The number of piperidine rings is 1. The second kappa shape index (κ2) is 15.0. The summed E-state index contributed by atoms with van der Waals surface area (Å²) in [6, 6.07) is 24.4. The quantitative estimate of drug-likeness (QED) is 0.298. The fourth-order valence-corrected chi connectivity index (χ4v) is 5.07. The van der Waals surface area contributed by atoms with E-state index in [-0.39, 0.29) is 17.6 Å². The number of carbonyl (C=O) groups excluding carboxylic acids is 2. The van der Waals surface area contributed by atoms with Crippen molar-refractivity contribution in [3.05, 3.63) is 84.4 Å². The van der Waals surface area contributed by atoms with Gasteiger partial charge in [-0.05, 0) is 55.2 Å². The zero-order chi connectivity index (χ0) is 29.9. The van der Waals surface area contributed by atoms with Gasteiger partial charge in [-0.25, -0.2) is 9.59 Å². The molecule has 9 nitrogen and oxygen atoms in total. The number of carbonyl (C=O) groups is 3. The smallest absolute Gasteiger partial charge is 0.411 e. The highest BCUT2D eigenvalue weighted by Crippen LogP contribution is 2.28. The Morgan fingerprint density at radius 1 is 0.905 bits per heavy atom. The van der Waals surface area contributed by atoms with Crippen molar-refractivity contribution in [1.82, 2.24) is 9.80 Å². The number of nitrogens with one attached hydrogen (secondary N) is 1. The lowest BCUT2D eigenvalue weighted by molar-refractivity contribution is -0.130. The maximum Gasteiger partial charge on any atom is 0.411 e. The van der Waals surface area contributed by atoms with Crippen molar-refractivity contribution in [2.24, 2.45) is 0 Å². The molecule has 0 radical (unpaired) electrons. The van der Waals surface area contributed by atoms with Gasteiger partial charge in [0.05, 0.1) is 11.3 Å². The van der Waals surface area contributed by atoms with Crippen molar-refractivity contribution < 1.29 is 24.2 Å². The summed E-state index contributed by atoms with van der Waals surface area (Å²) in [7, 11) is 3.77. The van der Waals surface area contributed by atoms with Gasteiger partial charge in [0.1, 0.15) is 6.10 Å². The first-order chi connectivity index (χ1) is 20.3. The summed E-state index contributed by atoms with van der Waals surface area (Å²) in [6.45, 7) is 3.75. The van der Waals surface area contributed by atoms with E-state index in [0.717, 1.165) is 55.0 Å². The highest BCUT2D eigenvalue weighted by atomic mass is 16.6. The molecular formula is C33H40N4O5. The number of aromatic carboxylic acids is 1. The molecule has 0 bridgehead atoms. The Balaban J connectivity index is 1.12. The van der Waals surface area contributed by atoms with Gasteiger partial charge in [-0.15, -0.1) is 0 Å². The van der Waals surface area contributed by atoms with Crippen molar-refractivity contribution in [1.29, 1.82) is 0 Å². The largest absolute Gasteiger partial charge is 0.478 e. The molecule has 42 heavy (non-hydrogen) atoms. The normalized spacial score (nSPS) is 13.8. The predicted octanol–water partition coefficient (Wildman–Crippen LogP) is 5.44. The third-order valence-electron chi connectivity index (χ3n) is 7.67. The number of rotatable bonds is 12. The minimum absolute atomic E-state index is 0.107. The van der Waals surface area contributed by atoms with E-state index in [4.69, 9.17) is 9.84 Å². The molecule has 0 atom stereocenters. The Labute approximate surface area is 247 Å². The van der Waals surface area contributed by atoms with Gasteiger partial charge in [-0.3, -0.25) is 10.1 Å². The van der Waals surface area contributed by atoms with Crippen molar-refractivity contribution >= 4 is 29.3 Å². The summed E-state index contributed by atoms with van der Waals surface area (Å²) >= 11 is 0. The molecule has 0 aromatic heterocycles. The van der Waals surface area contributed by atoms with Crippen molar-refractivity contribution in [3.63, 3.8) is 0 Å². The Morgan fingerprint density at radius 2 is 1.57 bits per heavy atom. The van der Waals surface area contributed by atoms with Gasteiger partial charge in [-0.1, -0.05) is 48.5 Å². The molecule has 9 heteroatoms. The maximum atomic E-state index is 12.7. The highest BCUT2D eigenvalue weighted by molar-refractivity contribution is 5.91. The molecule has 1 fully saturated rings. The predicted molar refractivity (Wildman–Crippen MR) is 165 cm³/mol. The monoisotopic (exact) mass is 572 g/mol. The van der Waals surface area contributed by atoms with Crippen LogP contribution in [0.2, 0.25) is 0 Å². The lowest BCUT2D eigenvalue weighted by Gasteiger charge is -2.32. The van der Waals surface area contributed by atoms with E-state index in [2.05, 4.69) is 10.2 Å². The molecule has 2 N–H and O–H groups in total. The summed E-state index contributed by atoms with van der Waals surface area (Å²) < 4.78 is 5.74. The summed E-state index contributed by atoms with van der Waals surface area (Å²) in [5.74, 6) is -0.838. The third-order valence-corrected chi connectivity index (χ3v) is 7.67. The van der Waals surface area contributed by atoms with Crippen LogP contribution in [0.5, 0.6) is 0 Å². The first kappa shape index (κ1) is 30.6. The number of likely N-dealkylation sites (N-methyl/N-ethyl adjacent to an activating group) is 1. The number of likely N-dealkylation sites (tertiary alicyclic amines) is 1. The fourth-order valence-electron chi connectivity index (χ4n) is 5.07. The summed E-state index contributed by atoms with van der Waals surface area (Å²) in [5, 5.41) is 12.0. The van der Waals surface area contributed by atoms with Crippen molar-refractivity contribution in [2.45, 2.75) is 31.8 Å².